The molecule has 2 aliphatic heterocycles. The molecule has 0 aliphatic carbocycles. The molecular formula is C17H17N5O2. The van der Waals surface area contributed by atoms with Gasteiger partial charge in [-0.05, 0) is 24.3 Å². The van der Waals surface area contributed by atoms with Gasteiger partial charge in [0.05, 0.1) is 18.7 Å². The standard InChI is InChI=1S/C17H17N5O2/c23-16(10-22-14-5-2-1-4-13(14)18-19-22)21-9-8-20-7-3-6-15(20)17(21)11-24-12-17/h1-7H,8-12H2. The van der Waals surface area contributed by atoms with E-state index in [9.17, 15) is 4.79 Å². The molecule has 122 valence electrons. The van der Waals surface area contributed by atoms with Gasteiger partial charge in [-0.25, -0.2) is 4.68 Å². The molecule has 0 bridgehead atoms. The van der Waals surface area contributed by atoms with Crippen LogP contribution in [0.4, 0.5) is 0 Å². The molecule has 0 saturated carbocycles. The molecule has 3 aromatic rings. The number of aromatic nitrogens is 4. The van der Waals surface area contributed by atoms with Crippen LogP contribution in [0, 0.1) is 0 Å². The van der Waals surface area contributed by atoms with E-state index in [-0.39, 0.29) is 18.0 Å². The van der Waals surface area contributed by atoms with Crippen molar-refractivity contribution in [2.75, 3.05) is 19.8 Å². The summed E-state index contributed by atoms with van der Waals surface area (Å²) in [6.45, 7) is 2.81. The van der Waals surface area contributed by atoms with Crippen molar-refractivity contribution in [3.8, 4) is 0 Å². The Kier molecular flexibility index (Phi) is 2.81. The molecule has 0 unspecified atom stereocenters. The van der Waals surface area contributed by atoms with E-state index in [1.807, 2.05) is 35.2 Å². The van der Waals surface area contributed by atoms with E-state index in [1.165, 1.54) is 0 Å². The van der Waals surface area contributed by atoms with Crippen LogP contribution in [-0.4, -0.2) is 50.1 Å². The highest BCUT2D eigenvalue weighted by Gasteiger charge is 2.51. The maximum absolute atomic E-state index is 13.0. The van der Waals surface area contributed by atoms with Gasteiger partial charge >= 0.3 is 0 Å². The zero-order valence-electron chi connectivity index (χ0n) is 13.1. The summed E-state index contributed by atoms with van der Waals surface area (Å²) in [4.78, 5) is 15.0. The monoisotopic (exact) mass is 323 g/mol. The number of amides is 1. The lowest BCUT2D eigenvalue weighted by Gasteiger charge is -2.52. The van der Waals surface area contributed by atoms with Gasteiger partial charge in [0.15, 0.2) is 0 Å². The summed E-state index contributed by atoms with van der Waals surface area (Å²) in [6, 6.07) is 11.8. The molecule has 0 atom stereocenters. The molecule has 7 heteroatoms. The third-order valence-corrected chi connectivity index (χ3v) is 5.08. The molecule has 0 radical (unpaired) electrons. The lowest BCUT2D eigenvalue weighted by Crippen LogP contribution is -2.65. The molecule has 0 N–H and O–H groups in total. The molecule has 2 aromatic heterocycles. The number of nitrogens with zero attached hydrogens (tertiary/aromatic N) is 5. The molecule has 5 rings (SSSR count). The zero-order chi connectivity index (χ0) is 16.1. The van der Waals surface area contributed by atoms with Crippen molar-refractivity contribution in [2.45, 2.75) is 18.6 Å². The number of rotatable bonds is 2. The molecule has 7 nitrogen and oxygen atoms in total. The van der Waals surface area contributed by atoms with E-state index in [0.29, 0.717) is 19.8 Å². The minimum absolute atomic E-state index is 0.0569. The highest BCUT2D eigenvalue weighted by Crippen LogP contribution is 2.39. The number of para-hydroxylation sites is 1. The Hall–Kier alpha value is -2.67. The van der Waals surface area contributed by atoms with Gasteiger partial charge < -0.3 is 14.2 Å². The first-order valence-electron chi connectivity index (χ1n) is 8.10. The smallest absolute Gasteiger partial charge is 0.245 e. The molecule has 1 amide bonds. The van der Waals surface area contributed by atoms with E-state index >= 15 is 0 Å². The van der Waals surface area contributed by atoms with Crippen LogP contribution in [0.25, 0.3) is 11.0 Å². The van der Waals surface area contributed by atoms with Crippen molar-refractivity contribution in [1.82, 2.24) is 24.5 Å². The van der Waals surface area contributed by atoms with Crippen molar-refractivity contribution >= 4 is 16.9 Å². The lowest BCUT2D eigenvalue weighted by atomic mass is 9.88. The summed E-state index contributed by atoms with van der Waals surface area (Å²) in [5, 5.41) is 8.27. The molecule has 1 spiro atoms. The molecule has 1 aromatic carbocycles. The number of fused-ring (bicyclic) bond motifs is 3. The first-order valence-corrected chi connectivity index (χ1v) is 8.10. The van der Waals surface area contributed by atoms with Crippen LogP contribution in [-0.2, 0) is 28.2 Å². The Bertz CT molecular complexity index is 924. The quantitative estimate of drug-likeness (QED) is 0.706. The van der Waals surface area contributed by atoms with Crippen molar-refractivity contribution in [2.24, 2.45) is 0 Å². The third kappa shape index (κ3) is 1.78. The fraction of sp³-hybridized carbons (Fsp3) is 0.353. The molecule has 4 heterocycles. The van der Waals surface area contributed by atoms with Crippen molar-refractivity contribution in [3.05, 3.63) is 48.3 Å². The average molecular weight is 323 g/mol. The SMILES string of the molecule is O=C(Cn1nnc2ccccc21)N1CCn2cccc2C12COC2. The third-order valence-electron chi connectivity index (χ3n) is 5.08. The summed E-state index contributed by atoms with van der Waals surface area (Å²) in [5.74, 6) is 0.0569. The summed E-state index contributed by atoms with van der Waals surface area (Å²) in [7, 11) is 0. The van der Waals surface area contributed by atoms with Gasteiger partial charge in [0, 0.05) is 25.0 Å². The summed E-state index contributed by atoms with van der Waals surface area (Å²) in [6.07, 6.45) is 2.07. The Morgan fingerprint density at radius 1 is 1.17 bits per heavy atom. The second-order valence-corrected chi connectivity index (χ2v) is 6.39. The van der Waals surface area contributed by atoms with Gasteiger partial charge in [-0.3, -0.25) is 4.79 Å². The van der Waals surface area contributed by atoms with Gasteiger partial charge in [0.25, 0.3) is 0 Å². The second kappa shape index (κ2) is 4.91. The van der Waals surface area contributed by atoms with Gasteiger partial charge in [0.1, 0.15) is 17.6 Å². The van der Waals surface area contributed by atoms with Crippen LogP contribution in [0.2, 0.25) is 0 Å². The predicted molar refractivity (Wildman–Crippen MR) is 86.2 cm³/mol. The van der Waals surface area contributed by atoms with Gasteiger partial charge in [-0.1, -0.05) is 17.3 Å². The number of carbonyl (C=O) groups is 1. The van der Waals surface area contributed by atoms with E-state index in [4.69, 9.17) is 4.74 Å². The number of hydrogen-bond acceptors (Lipinski definition) is 4. The van der Waals surface area contributed by atoms with Crippen LogP contribution in [0.5, 0.6) is 0 Å². The molecule has 1 saturated heterocycles. The first-order chi connectivity index (χ1) is 11.8. The number of carbonyl (C=O) groups excluding carboxylic acids is 1. The highest BCUT2D eigenvalue weighted by atomic mass is 16.5. The highest BCUT2D eigenvalue weighted by molar-refractivity contribution is 5.80. The Morgan fingerprint density at radius 3 is 2.88 bits per heavy atom. The van der Waals surface area contributed by atoms with E-state index < -0.39 is 0 Å². The Morgan fingerprint density at radius 2 is 2.04 bits per heavy atom. The maximum atomic E-state index is 13.0. The maximum Gasteiger partial charge on any atom is 0.245 e. The number of ether oxygens (including phenoxy) is 1. The molecular weight excluding hydrogens is 306 g/mol. The Labute approximate surface area is 138 Å². The van der Waals surface area contributed by atoms with Crippen LogP contribution in [0.3, 0.4) is 0 Å². The number of benzene rings is 1. The molecule has 24 heavy (non-hydrogen) atoms. The zero-order valence-corrected chi connectivity index (χ0v) is 13.1. The normalized spacial score (nSPS) is 18.6. The van der Waals surface area contributed by atoms with Gasteiger partial charge in [-0.15, -0.1) is 5.10 Å². The minimum Gasteiger partial charge on any atom is -0.376 e. The summed E-state index contributed by atoms with van der Waals surface area (Å²) >= 11 is 0. The Balaban J connectivity index is 1.47. The van der Waals surface area contributed by atoms with Crippen LogP contribution in [0.15, 0.2) is 42.6 Å². The van der Waals surface area contributed by atoms with Crippen LogP contribution >= 0.6 is 0 Å². The first kappa shape index (κ1) is 13.7. The topological polar surface area (TPSA) is 65.2 Å². The average Bonchev–Trinajstić information content (AvgIpc) is 3.19. The largest absolute Gasteiger partial charge is 0.376 e. The summed E-state index contributed by atoms with van der Waals surface area (Å²) < 4.78 is 9.38. The predicted octanol–water partition coefficient (Wildman–Crippen LogP) is 1.00. The lowest BCUT2D eigenvalue weighted by molar-refractivity contribution is -0.178. The fourth-order valence-electron chi connectivity index (χ4n) is 3.80. The molecule has 2 aliphatic rings. The van der Waals surface area contributed by atoms with Crippen molar-refractivity contribution in [3.63, 3.8) is 0 Å². The van der Waals surface area contributed by atoms with Crippen LogP contribution < -0.4 is 0 Å². The molecule has 1 fully saturated rings. The van der Waals surface area contributed by atoms with E-state index in [1.54, 1.807) is 4.68 Å². The number of hydrogen-bond donors (Lipinski definition) is 0. The van der Waals surface area contributed by atoms with Crippen molar-refractivity contribution in [1.29, 1.82) is 0 Å². The minimum atomic E-state index is -0.324. The van der Waals surface area contributed by atoms with E-state index in [0.717, 1.165) is 23.3 Å². The second-order valence-electron chi connectivity index (χ2n) is 6.39. The van der Waals surface area contributed by atoms with Gasteiger partial charge in [0.2, 0.25) is 5.91 Å². The summed E-state index contributed by atoms with van der Waals surface area (Å²) in [5.41, 5.74) is 2.52. The van der Waals surface area contributed by atoms with E-state index in [2.05, 4.69) is 27.1 Å². The van der Waals surface area contributed by atoms with Crippen LogP contribution in [0.1, 0.15) is 5.69 Å². The van der Waals surface area contributed by atoms with Gasteiger partial charge in [-0.2, -0.15) is 0 Å². The fourth-order valence-corrected chi connectivity index (χ4v) is 3.80. The van der Waals surface area contributed by atoms with Crippen molar-refractivity contribution < 1.29 is 9.53 Å².